The molecule has 1 aliphatic rings. The van der Waals surface area contributed by atoms with Gasteiger partial charge in [-0.1, -0.05) is 42.5 Å². The first kappa shape index (κ1) is 16.3. The van der Waals surface area contributed by atoms with E-state index in [1.165, 1.54) is 33.1 Å². The highest BCUT2D eigenvalue weighted by Crippen LogP contribution is 2.28. The number of aromatic nitrogens is 2. The molecule has 0 unspecified atom stereocenters. The van der Waals surface area contributed by atoms with Gasteiger partial charge in [-0.25, -0.2) is 0 Å². The number of anilines is 1. The number of nitrogens with two attached hydrogens (primary N) is 1. The molecule has 136 valence electrons. The maximum atomic E-state index is 6.06. The molecule has 5 rings (SSSR count). The Labute approximate surface area is 159 Å². The van der Waals surface area contributed by atoms with Crippen LogP contribution in [0.15, 0.2) is 60.7 Å². The zero-order valence-electron chi connectivity index (χ0n) is 15.4. The monoisotopic (exact) mass is 356 g/mol. The van der Waals surface area contributed by atoms with Crippen molar-refractivity contribution in [3.63, 3.8) is 0 Å². The molecule has 0 bridgehead atoms. The van der Waals surface area contributed by atoms with Crippen molar-refractivity contribution < 1.29 is 0 Å². The van der Waals surface area contributed by atoms with Gasteiger partial charge in [0.25, 0.3) is 0 Å². The molecule has 0 amide bonds. The maximum absolute atomic E-state index is 6.06. The lowest BCUT2D eigenvalue weighted by Crippen LogP contribution is -2.39. The minimum absolute atomic E-state index is 0.348. The zero-order chi connectivity index (χ0) is 18.2. The molecule has 1 aliphatic heterocycles. The van der Waals surface area contributed by atoms with Gasteiger partial charge in [0, 0.05) is 42.3 Å². The van der Waals surface area contributed by atoms with E-state index < -0.39 is 0 Å². The minimum atomic E-state index is 0.348. The van der Waals surface area contributed by atoms with Crippen molar-refractivity contribution in [2.24, 2.45) is 5.73 Å². The quantitative estimate of drug-likeness (QED) is 0.577. The number of hydrogen-bond acceptors (Lipinski definition) is 3. The summed E-state index contributed by atoms with van der Waals surface area (Å²) in [6.07, 6.45) is 2.98. The lowest BCUT2D eigenvalue weighted by atomic mass is 9.99. The van der Waals surface area contributed by atoms with E-state index in [1.54, 1.807) is 0 Å². The molecule has 2 heterocycles. The normalized spacial score (nSPS) is 15.7. The number of fused-ring (bicyclic) bond motifs is 2. The third-order valence-electron chi connectivity index (χ3n) is 5.77. The minimum Gasteiger partial charge on any atom is -0.371 e. The van der Waals surface area contributed by atoms with Crippen LogP contribution in [0.4, 0.5) is 5.69 Å². The molecule has 1 saturated heterocycles. The van der Waals surface area contributed by atoms with Crippen LogP contribution in [0.2, 0.25) is 0 Å². The Morgan fingerprint density at radius 1 is 0.963 bits per heavy atom. The molecule has 3 N–H and O–H groups in total. The summed E-state index contributed by atoms with van der Waals surface area (Å²) in [4.78, 5) is 2.44. The van der Waals surface area contributed by atoms with Gasteiger partial charge in [0.1, 0.15) is 0 Å². The third-order valence-corrected chi connectivity index (χ3v) is 5.77. The van der Waals surface area contributed by atoms with Gasteiger partial charge in [0.05, 0.1) is 5.52 Å². The summed E-state index contributed by atoms with van der Waals surface area (Å²) in [5, 5.41) is 11.6. The predicted molar refractivity (Wildman–Crippen MR) is 112 cm³/mol. The van der Waals surface area contributed by atoms with Crippen molar-refractivity contribution in [2.75, 3.05) is 18.0 Å². The molecule has 4 nitrogen and oxygen atoms in total. The number of nitrogens with one attached hydrogen (secondary N) is 1. The van der Waals surface area contributed by atoms with Gasteiger partial charge >= 0.3 is 0 Å². The molecule has 27 heavy (non-hydrogen) atoms. The van der Waals surface area contributed by atoms with E-state index in [4.69, 9.17) is 5.73 Å². The van der Waals surface area contributed by atoms with Crippen LogP contribution in [0.5, 0.6) is 0 Å². The molecule has 0 atom stereocenters. The molecule has 0 saturated carbocycles. The second kappa shape index (κ2) is 6.71. The number of benzene rings is 3. The average molecular weight is 356 g/mol. The van der Waals surface area contributed by atoms with Crippen LogP contribution in [-0.4, -0.2) is 29.3 Å². The standard InChI is InChI=1S/C23H24N4/c24-18-10-12-27(13-11-18)19-8-9-22-21(15-19)23(26-25-22)14-17-6-3-5-16-4-1-2-7-20(16)17/h1-9,15,18H,10-14,24H2,(H,25,26). The summed E-state index contributed by atoms with van der Waals surface area (Å²) in [6.45, 7) is 2.06. The van der Waals surface area contributed by atoms with E-state index in [2.05, 4.69) is 75.8 Å². The molecule has 0 spiro atoms. The highest BCUT2D eigenvalue weighted by molar-refractivity contribution is 5.88. The number of hydrogen-bond donors (Lipinski definition) is 2. The van der Waals surface area contributed by atoms with E-state index in [1.807, 2.05) is 0 Å². The van der Waals surface area contributed by atoms with E-state index in [9.17, 15) is 0 Å². The SMILES string of the molecule is NC1CCN(c2ccc3n[nH]c(Cc4cccc5ccccc45)c3c2)CC1. The van der Waals surface area contributed by atoms with Gasteiger partial charge in [-0.05, 0) is 47.4 Å². The van der Waals surface area contributed by atoms with Gasteiger partial charge in [0.15, 0.2) is 0 Å². The van der Waals surface area contributed by atoms with E-state index in [-0.39, 0.29) is 0 Å². The summed E-state index contributed by atoms with van der Waals surface area (Å²) >= 11 is 0. The van der Waals surface area contributed by atoms with Crippen LogP contribution < -0.4 is 10.6 Å². The maximum Gasteiger partial charge on any atom is 0.0925 e. The zero-order valence-corrected chi connectivity index (χ0v) is 15.4. The van der Waals surface area contributed by atoms with Crippen molar-refractivity contribution in [1.82, 2.24) is 10.2 Å². The van der Waals surface area contributed by atoms with Crippen LogP contribution in [0, 0.1) is 0 Å². The van der Waals surface area contributed by atoms with Gasteiger partial charge in [-0.2, -0.15) is 5.10 Å². The fourth-order valence-corrected chi connectivity index (χ4v) is 4.18. The Hall–Kier alpha value is -2.85. The first-order valence-corrected chi connectivity index (χ1v) is 9.72. The van der Waals surface area contributed by atoms with E-state index in [0.29, 0.717) is 6.04 Å². The fraction of sp³-hybridized carbons (Fsp3) is 0.261. The number of nitrogens with zero attached hydrogens (tertiary/aromatic N) is 2. The highest BCUT2D eigenvalue weighted by atomic mass is 15.1. The Balaban J connectivity index is 1.51. The molecule has 4 aromatic rings. The topological polar surface area (TPSA) is 57.9 Å². The van der Waals surface area contributed by atoms with Crippen LogP contribution >= 0.6 is 0 Å². The Morgan fingerprint density at radius 2 is 1.78 bits per heavy atom. The van der Waals surface area contributed by atoms with Gasteiger partial charge in [0.2, 0.25) is 0 Å². The second-order valence-electron chi connectivity index (χ2n) is 7.54. The number of piperidine rings is 1. The van der Waals surface area contributed by atoms with Crippen LogP contribution in [0.25, 0.3) is 21.7 Å². The highest BCUT2D eigenvalue weighted by Gasteiger charge is 2.17. The number of H-pyrrole nitrogens is 1. The molecule has 1 aromatic heterocycles. The summed E-state index contributed by atoms with van der Waals surface area (Å²) < 4.78 is 0. The van der Waals surface area contributed by atoms with E-state index >= 15 is 0 Å². The summed E-state index contributed by atoms with van der Waals surface area (Å²) in [7, 11) is 0. The molecule has 4 heteroatoms. The Bertz CT molecular complexity index is 1080. The lowest BCUT2D eigenvalue weighted by molar-refractivity contribution is 0.501. The molecule has 0 aliphatic carbocycles. The van der Waals surface area contributed by atoms with Gasteiger partial charge in [-0.3, -0.25) is 5.10 Å². The average Bonchev–Trinajstić information content (AvgIpc) is 3.11. The van der Waals surface area contributed by atoms with Crippen molar-refractivity contribution in [2.45, 2.75) is 25.3 Å². The van der Waals surface area contributed by atoms with Gasteiger partial charge in [-0.15, -0.1) is 0 Å². The van der Waals surface area contributed by atoms with Crippen molar-refractivity contribution >= 4 is 27.4 Å². The molecule has 0 radical (unpaired) electrons. The first-order valence-electron chi connectivity index (χ1n) is 9.72. The Morgan fingerprint density at radius 3 is 2.67 bits per heavy atom. The summed E-state index contributed by atoms with van der Waals surface area (Å²) in [6, 6.07) is 22.0. The first-order chi connectivity index (χ1) is 13.3. The number of aromatic amines is 1. The summed E-state index contributed by atoms with van der Waals surface area (Å²) in [5.41, 5.74) is 10.9. The van der Waals surface area contributed by atoms with Crippen LogP contribution in [0.1, 0.15) is 24.1 Å². The number of rotatable bonds is 3. The summed E-state index contributed by atoms with van der Waals surface area (Å²) in [5.74, 6) is 0. The Kier molecular flexibility index (Phi) is 4.06. The molecular formula is C23H24N4. The second-order valence-corrected chi connectivity index (χ2v) is 7.54. The third kappa shape index (κ3) is 3.06. The van der Waals surface area contributed by atoms with Crippen LogP contribution in [-0.2, 0) is 6.42 Å². The predicted octanol–water partition coefficient (Wildman–Crippen LogP) is 4.23. The molecule has 3 aromatic carbocycles. The smallest absolute Gasteiger partial charge is 0.0925 e. The fourth-order valence-electron chi connectivity index (χ4n) is 4.18. The lowest BCUT2D eigenvalue weighted by Gasteiger charge is -2.32. The van der Waals surface area contributed by atoms with Gasteiger partial charge < -0.3 is 10.6 Å². The van der Waals surface area contributed by atoms with Crippen molar-refractivity contribution in [3.8, 4) is 0 Å². The van der Waals surface area contributed by atoms with E-state index in [0.717, 1.165) is 37.9 Å². The molecule has 1 fully saturated rings. The van der Waals surface area contributed by atoms with Crippen molar-refractivity contribution in [3.05, 3.63) is 71.9 Å². The van der Waals surface area contributed by atoms with Crippen molar-refractivity contribution in [1.29, 1.82) is 0 Å². The molecular weight excluding hydrogens is 332 g/mol. The van der Waals surface area contributed by atoms with Crippen LogP contribution in [0.3, 0.4) is 0 Å². The largest absolute Gasteiger partial charge is 0.371 e.